The van der Waals surface area contributed by atoms with Crippen LogP contribution in [-0.4, -0.2) is 45.6 Å². The average molecular weight is 354 g/mol. The molecule has 0 saturated heterocycles. The zero-order chi connectivity index (χ0) is 18.5. The molecule has 6 nitrogen and oxygen atoms in total. The highest BCUT2D eigenvalue weighted by atomic mass is 16.4. The van der Waals surface area contributed by atoms with E-state index in [0.29, 0.717) is 0 Å². The Bertz CT molecular complexity index is 437. The van der Waals surface area contributed by atoms with Gasteiger partial charge in [-0.1, -0.05) is 84.0 Å². The van der Waals surface area contributed by atoms with Gasteiger partial charge in [0.1, 0.15) is 0 Å². The number of nitrogens with zero attached hydrogens (tertiary/aromatic N) is 2. The van der Waals surface area contributed by atoms with Crippen molar-refractivity contribution in [3.63, 3.8) is 0 Å². The number of hydrogen-bond acceptors (Lipinski definition) is 3. The number of unbranched alkanes of at least 4 members (excludes halogenated alkanes) is 11. The molecule has 0 aliphatic carbocycles. The third-order valence-corrected chi connectivity index (χ3v) is 4.77. The second-order valence-corrected chi connectivity index (χ2v) is 6.98. The van der Waals surface area contributed by atoms with Crippen LogP contribution in [0.4, 0.5) is 4.79 Å². The number of amides is 1. The molecule has 1 rings (SSSR count). The molecule has 2 N–H and O–H groups in total. The maximum absolute atomic E-state index is 11.0. The molecule has 1 heterocycles. The van der Waals surface area contributed by atoms with Gasteiger partial charge in [-0.05, 0) is 6.42 Å². The minimum Gasteiger partial charge on any atom is -0.475 e. The molecule has 25 heavy (non-hydrogen) atoms. The maximum Gasteiger partial charge on any atom is 0.413 e. The molecule has 1 unspecified atom stereocenters. The first-order valence-corrected chi connectivity index (χ1v) is 9.87. The van der Waals surface area contributed by atoms with Gasteiger partial charge in [0.2, 0.25) is 5.84 Å². The van der Waals surface area contributed by atoms with Gasteiger partial charge < -0.3 is 10.2 Å². The summed E-state index contributed by atoms with van der Waals surface area (Å²) in [5.41, 5.74) is 0. The zero-order valence-electron chi connectivity index (χ0n) is 15.6. The predicted molar refractivity (Wildman–Crippen MR) is 99.3 cm³/mol. The fraction of sp³-hybridized carbons (Fsp3) is 0.842. The van der Waals surface area contributed by atoms with Crippen LogP contribution < -0.4 is 0 Å². The van der Waals surface area contributed by atoms with Crippen molar-refractivity contribution in [3.05, 3.63) is 0 Å². The number of amidine groups is 1. The third-order valence-electron chi connectivity index (χ3n) is 4.77. The van der Waals surface area contributed by atoms with Crippen LogP contribution in [0.2, 0.25) is 0 Å². The molecular formula is C19H34N2O4. The van der Waals surface area contributed by atoms with Crippen molar-refractivity contribution in [2.24, 2.45) is 4.99 Å². The Balaban J connectivity index is 2.00. The minimum absolute atomic E-state index is 0.176. The highest BCUT2D eigenvalue weighted by Gasteiger charge is 2.33. The Morgan fingerprint density at radius 3 is 1.80 bits per heavy atom. The van der Waals surface area contributed by atoms with E-state index < -0.39 is 12.1 Å². The van der Waals surface area contributed by atoms with Gasteiger partial charge in [0.15, 0.2) is 0 Å². The van der Waals surface area contributed by atoms with Gasteiger partial charge in [0.25, 0.3) is 0 Å². The first-order valence-electron chi connectivity index (χ1n) is 9.87. The summed E-state index contributed by atoms with van der Waals surface area (Å²) in [5.74, 6) is -1.60. The van der Waals surface area contributed by atoms with Crippen LogP contribution in [-0.2, 0) is 4.79 Å². The van der Waals surface area contributed by atoms with Gasteiger partial charge in [-0.25, -0.2) is 9.59 Å². The second-order valence-electron chi connectivity index (χ2n) is 6.98. The molecule has 0 fully saturated rings. The van der Waals surface area contributed by atoms with E-state index in [-0.39, 0.29) is 18.4 Å². The molecule has 1 amide bonds. The van der Waals surface area contributed by atoms with Crippen LogP contribution in [0.5, 0.6) is 0 Å². The summed E-state index contributed by atoms with van der Waals surface area (Å²) in [4.78, 5) is 26.9. The Kier molecular flexibility index (Phi) is 10.9. The fourth-order valence-corrected chi connectivity index (χ4v) is 3.30. The molecule has 1 aliphatic heterocycles. The normalized spacial score (nSPS) is 16.9. The Hall–Kier alpha value is -1.59. The van der Waals surface area contributed by atoms with Crippen molar-refractivity contribution in [1.29, 1.82) is 0 Å². The largest absolute Gasteiger partial charge is 0.475 e. The van der Waals surface area contributed by atoms with E-state index in [4.69, 9.17) is 10.2 Å². The van der Waals surface area contributed by atoms with Gasteiger partial charge in [-0.15, -0.1) is 0 Å². The minimum atomic E-state index is -1.26. The molecule has 144 valence electrons. The number of aliphatic imine (C=N–C) groups is 1. The van der Waals surface area contributed by atoms with E-state index in [1.165, 1.54) is 64.2 Å². The van der Waals surface area contributed by atoms with E-state index >= 15 is 0 Å². The van der Waals surface area contributed by atoms with Crippen molar-refractivity contribution in [3.8, 4) is 0 Å². The molecule has 6 heteroatoms. The number of carbonyl (C=O) groups is 2. The SMILES string of the molecule is CCCCCCCCCCCCCCC1CN(C(=O)O)C(C(=O)O)=N1. The summed E-state index contributed by atoms with van der Waals surface area (Å²) in [5, 5.41) is 18.0. The number of carboxylic acids is 1. The lowest BCUT2D eigenvalue weighted by atomic mass is 10.0. The Morgan fingerprint density at radius 1 is 0.920 bits per heavy atom. The molecule has 0 radical (unpaired) electrons. The molecule has 0 aromatic heterocycles. The lowest BCUT2D eigenvalue weighted by molar-refractivity contribution is -0.130. The highest BCUT2D eigenvalue weighted by Crippen LogP contribution is 2.17. The molecule has 0 aromatic carbocycles. The average Bonchev–Trinajstić information content (AvgIpc) is 3.01. The summed E-state index contributed by atoms with van der Waals surface area (Å²) >= 11 is 0. The summed E-state index contributed by atoms with van der Waals surface area (Å²) in [6.07, 6.45) is 14.8. The first-order chi connectivity index (χ1) is 12.1. The van der Waals surface area contributed by atoms with Crippen molar-refractivity contribution >= 4 is 17.9 Å². The molecule has 1 atom stereocenters. The van der Waals surface area contributed by atoms with E-state index in [0.717, 1.165) is 24.2 Å². The van der Waals surface area contributed by atoms with E-state index in [9.17, 15) is 9.59 Å². The van der Waals surface area contributed by atoms with Crippen molar-refractivity contribution in [2.45, 2.75) is 96.4 Å². The van der Waals surface area contributed by atoms with E-state index in [2.05, 4.69) is 11.9 Å². The maximum atomic E-state index is 11.0. The molecule has 0 saturated carbocycles. The number of aliphatic carboxylic acids is 1. The Morgan fingerprint density at radius 2 is 1.40 bits per heavy atom. The van der Waals surface area contributed by atoms with Gasteiger partial charge in [0, 0.05) is 0 Å². The van der Waals surface area contributed by atoms with E-state index in [1.54, 1.807) is 0 Å². The molecule has 1 aliphatic rings. The first kappa shape index (κ1) is 21.5. The van der Waals surface area contributed by atoms with Gasteiger partial charge in [0.05, 0.1) is 12.6 Å². The van der Waals surface area contributed by atoms with Gasteiger partial charge in [-0.3, -0.25) is 9.89 Å². The van der Waals surface area contributed by atoms with Gasteiger partial charge >= 0.3 is 12.1 Å². The van der Waals surface area contributed by atoms with Crippen LogP contribution in [0, 0.1) is 0 Å². The summed E-state index contributed by atoms with van der Waals surface area (Å²) in [6.45, 7) is 2.42. The van der Waals surface area contributed by atoms with Crippen molar-refractivity contribution in [1.82, 2.24) is 4.90 Å². The predicted octanol–water partition coefficient (Wildman–Crippen LogP) is 4.92. The number of hydrogen-bond donors (Lipinski definition) is 2. The summed E-state index contributed by atoms with van der Waals surface area (Å²) < 4.78 is 0. The second kappa shape index (κ2) is 12.7. The van der Waals surface area contributed by atoms with Crippen LogP contribution >= 0.6 is 0 Å². The topological polar surface area (TPSA) is 90.2 Å². The van der Waals surface area contributed by atoms with Crippen LogP contribution in [0.1, 0.15) is 90.4 Å². The quantitative estimate of drug-likeness (QED) is 0.433. The fourth-order valence-electron chi connectivity index (χ4n) is 3.30. The van der Waals surface area contributed by atoms with Crippen LogP contribution in [0.3, 0.4) is 0 Å². The third kappa shape index (κ3) is 8.89. The van der Waals surface area contributed by atoms with Gasteiger partial charge in [-0.2, -0.15) is 0 Å². The highest BCUT2D eigenvalue weighted by molar-refractivity contribution is 6.37. The standard InChI is InChI=1S/C19H34N2O4/c1-2-3-4-5-6-7-8-9-10-11-12-13-14-16-15-21(19(24)25)17(20-16)18(22)23/h16H,2-15H2,1H3,(H,22,23)(H,24,25). The number of rotatable bonds is 14. The smallest absolute Gasteiger partial charge is 0.413 e. The van der Waals surface area contributed by atoms with Crippen molar-refractivity contribution < 1.29 is 19.8 Å². The lowest BCUT2D eigenvalue weighted by Gasteiger charge is -2.12. The van der Waals surface area contributed by atoms with Crippen molar-refractivity contribution in [2.75, 3.05) is 6.54 Å². The summed E-state index contributed by atoms with van der Waals surface area (Å²) in [6, 6.07) is -0.203. The van der Waals surface area contributed by atoms with Crippen LogP contribution in [0.15, 0.2) is 4.99 Å². The Labute approximate surface area is 151 Å². The lowest BCUT2D eigenvalue weighted by Crippen LogP contribution is -2.38. The van der Waals surface area contributed by atoms with Crippen LogP contribution in [0.25, 0.3) is 0 Å². The molecule has 0 bridgehead atoms. The monoisotopic (exact) mass is 354 g/mol. The molecule has 0 aromatic rings. The molecule has 0 spiro atoms. The zero-order valence-corrected chi connectivity index (χ0v) is 15.6. The molecular weight excluding hydrogens is 320 g/mol. The number of carboxylic acid groups (broad SMARTS) is 2. The van der Waals surface area contributed by atoms with E-state index in [1.807, 2.05) is 0 Å². The summed E-state index contributed by atoms with van der Waals surface area (Å²) in [7, 11) is 0.